The Morgan fingerprint density at radius 3 is 2.54 bits per heavy atom. The lowest BCUT2D eigenvalue weighted by molar-refractivity contribution is 0.471. The molecule has 0 aromatic heterocycles. The standard InChI is InChI=1S/C10H11BrO2/c1-6(2)7-5-10(13)9(12)4-3-8(7)11/h3-6H,1-2H3,(H,12,13). The molecular formula is C10H11BrO2. The number of hydrogen-bond acceptors (Lipinski definition) is 2. The summed E-state index contributed by atoms with van der Waals surface area (Å²) in [7, 11) is 0. The van der Waals surface area contributed by atoms with E-state index in [1.807, 2.05) is 13.8 Å². The van der Waals surface area contributed by atoms with Gasteiger partial charge in [-0.15, -0.1) is 0 Å². The van der Waals surface area contributed by atoms with E-state index in [4.69, 9.17) is 0 Å². The number of hydrogen-bond donors (Lipinski definition) is 1. The Balaban J connectivity index is 3.48. The van der Waals surface area contributed by atoms with Crippen LogP contribution < -0.4 is 5.43 Å². The minimum Gasteiger partial charge on any atom is -0.504 e. The third-order valence-corrected chi connectivity index (χ3v) is 2.55. The van der Waals surface area contributed by atoms with Crippen molar-refractivity contribution in [3.05, 3.63) is 38.5 Å². The summed E-state index contributed by atoms with van der Waals surface area (Å²) in [5.74, 6) is 0.0430. The van der Waals surface area contributed by atoms with Crippen LogP contribution in [0.4, 0.5) is 0 Å². The fourth-order valence-corrected chi connectivity index (χ4v) is 1.76. The molecule has 0 aliphatic heterocycles. The van der Waals surface area contributed by atoms with Crippen LogP contribution in [0.5, 0.6) is 5.75 Å². The van der Waals surface area contributed by atoms with Gasteiger partial charge in [-0.25, -0.2) is 0 Å². The second-order valence-electron chi connectivity index (χ2n) is 3.19. The lowest BCUT2D eigenvalue weighted by atomic mass is 10.1. The second-order valence-corrected chi connectivity index (χ2v) is 4.04. The first-order valence-electron chi connectivity index (χ1n) is 4.05. The predicted octanol–water partition coefficient (Wildman–Crippen LogP) is 2.64. The molecule has 0 radical (unpaired) electrons. The van der Waals surface area contributed by atoms with Gasteiger partial charge in [-0.05, 0) is 29.7 Å². The van der Waals surface area contributed by atoms with E-state index in [9.17, 15) is 9.90 Å². The van der Waals surface area contributed by atoms with Gasteiger partial charge < -0.3 is 5.11 Å². The number of rotatable bonds is 1. The van der Waals surface area contributed by atoms with Crippen molar-refractivity contribution in [2.75, 3.05) is 0 Å². The Bertz CT molecular complexity index is 372. The van der Waals surface area contributed by atoms with E-state index in [-0.39, 0.29) is 17.1 Å². The van der Waals surface area contributed by atoms with Crippen molar-refractivity contribution in [3.8, 4) is 5.75 Å². The summed E-state index contributed by atoms with van der Waals surface area (Å²) in [5, 5.41) is 9.18. The maximum absolute atomic E-state index is 11.2. The topological polar surface area (TPSA) is 37.3 Å². The number of aromatic hydroxyl groups is 1. The van der Waals surface area contributed by atoms with Gasteiger partial charge in [0.15, 0.2) is 5.75 Å². The van der Waals surface area contributed by atoms with E-state index in [0.29, 0.717) is 0 Å². The van der Waals surface area contributed by atoms with Crippen molar-refractivity contribution in [2.45, 2.75) is 19.8 Å². The lowest BCUT2D eigenvalue weighted by Gasteiger charge is -2.02. The van der Waals surface area contributed by atoms with Gasteiger partial charge in [-0.1, -0.05) is 29.8 Å². The third kappa shape index (κ3) is 2.31. The molecule has 70 valence electrons. The van der Waals surface area contributed by atoms with Crippen molar-refractivity contribution < 1.29 is 5.11 Å². The van der Waals surface area contributed by atoms with Gasteiger partial charge in [0.25, 0.3) is 0 Å². The summed E-state index contributed by atoms with van der Waals surface area (Å²) in [6.45, 7) is 3.99. The molecule has 13 heavy (non-hydrogen) atoms. The summed E-state index contributed by atoms with van der Waals surface area (Å²) in [6.07, 6.45) is 0. The molecule has 0 unspecified atom stereocenters. The van der Waals surface area contributed by atoms with E-state index in [1.54, 1.807) is 6.07 Å². The molecule has 0 heterocycles. The van der Waals surface area contributed by atoms with E-state index in [0.717, 1.165) is 10.0 Å². The van der Waals surface area contributed by atoms with Crippen LogP contribution in [0.15, 0.2) is 27.5 Å². The summed E-state index contributed by atoms with van der Waals surface area (Å²) in [4.78, 5) is 11.2. The highest BCUT2D eigenvalue weighted by Crippen LogP contribution is 2.22. The Hall–Kier alpha value is -0.830. The van der Waals surface area contributed by atoms with Crippen LogP contribution >= 0.6 is 15.9 Å². The highest BCUT2D eigenvalue weighted by atomic mass is 79.9. The fourth-order valence-electron chi connectivity index (χ4n) is 1.06. The van der Waals surface area contributed by atoms with Crippen molar-refractivity contribution >= 4 is 15.9 Å². The third-order valence-electron chi connectivity index (χ3n) is 1.82. The molecule has 2 nitrogen and oxygen atoms in total. The van der Waals surface area contributed by atoms with E-state index in [2.05, 4.69) is 15.9 Å². The van der Waals surface area contributed by atoms with E-state index < -0.39 is 0 Å². The van der Waals surface area contributed by atoms with E-state index >= 15 is 0 Å². The highest BCUT2D eigenvalue weighted by molar-refractivity contribution is 9.10. The van der Waals surface area contributed by atoms with Gasteiger partial charge >= 0.3 is 0 Å². The van der Waals surface area contributed by atoms with Gasteiger partial charge in [-0.3, -0.25) is 4.79 Å². The Morgan fingerprint density at radius 1 is 1.38 bits per heavy atom. The molecule has 0 atom stereocenters. The van der Waals surface area contributed by atoms with Crippen molar-refractivity contribution in [1.82, 2.24) is 0 Å². The van der Waals surface area contributed by atoms with Gasteiger partial charge in [-0.2, -0.15) is 0 Å². The quantitative estimate of drug-likeness (QED) is 0.823. The van der Waals surface area contributed by atoms with Crippen LogP contribution in [0.2, 0.25) is 0 Å². The summed E-state index contributed by atoms with van der Waals surface area (Å²) < 4.78 is 0.847. The van der Waals surface area contributed by atoms with E-state index in [1.165, 1.54) is 12.1 Å². The zero-order chi connectivity index (χ0) is 10.0. The van der Waals surface area contributed by atoms with Gasteiger partial charge in [0, 0.05) is 4.47 Å². The molecule has 0 saturated carbocycles. The normalized spacial score (nSPS) is 10.5. The molecule has 1 aromatic rings. The lowest BCUT2D eigenvalue weighted by Crippen LogP contribution is -1.97. The average Bonchev–Trinajstić information content (AvgIpc) is 2.18. The van der Waals surface area contributed by atoms with Crippen LogP contribution in [0.3, 0.4) is 0 Å². The fraction of sp³-hybridized carbons (Fsp3) is 0.300. The minimum atomic E-state index is -0.339. The average molecular weight is 243 g/mol. The molecule has 1 N–H and O–H groups in total. The Kier molecular flexibility index (Phi) is 3.09. The summed E-state index contributed by atoms with van der Waals surface area (Å²) in [5.41, 5.74) is 0.569. The SMILES string of the molecule is CC(C)c1cc(=O)c(O)ccc1Br. The van der Waals surface area contributed by atoms with Crippen LogP contribution in [0.1, 0.15) is 25.3 Å². The van der Waals surface area contributed by atoms with Crippen molar-refractivity contribution in [1.29, 1.82) is 0 Å². The number of halogens is 1. The molecule has 0 bridgehead atoms. The molecule has 1 aromatic carbocycles. The van der Waals surface area contributed by atoms with Crippen LogP contribution in [0, 0.1) is 0 Å². The van der Waals surface area contributed by atoms with Crippen LogP contribution in [-0.4, -0.2) is 5.11 Å². The predicted molar refractivity (Wildman–Crippen MR) is 56.2 cm³/mol. The molecular weight excluding hydrogens is 232 g/mol. The van der Waals surface area contributed by atoms with Gasteiger partial charge in [0.05, 0.1) is 0 Å². The first-order chi connectivity index (χ1) is 6.02. The van der Waals surface area contributed by atoms with Crippen LogP contribution in [0.25, 0.3) is 0 Å². The summed E-state index contributed by atoms with van der Waals surface area (Å²) in [6, 6.07) is 4.55. The molecule has 0 spiro atoms. The zero-order valence-electron chi connectivity index (χ0n) is 7.54. The molecule has 0 fully saturated rings. The monoisotopic (exact) mass is 242 g/mol. The molecule has 0 aliphatic rings. The van der Waals surface area contributed by atoms with Crippen molar-refractivity contribution in [2.24, 2.45) is 0 Å². The highest BCUT2D eigenvalue weighted by Gasteiger charge is 2.05. The molecule has 0 saturated heterocycles. The molecule has 0 amide bonds. The first kappa shape index (κ1) is 10.3. The second kappa shape index (κ2) is 3.92. The zero-order valence-corrected chi connectivity index (χ0v) is 9.13. The minimum absolute atomic E-state index is 0.215. The van der Waals surface area contributed by atoms with Crippen molar-refractivity contribution in [3.63, 3.8) is 0 Å². The van der Waals surface area contributed by atoms with Gasteiger partial charge in [0.1, 0.15) is 0 Å². The summed E-state index contributed by atoms with van der Waals surface area (Å²) >= 11 is 3.35. The molecule has 0 aliphatic carbocycles. The largest absolute Gasteiger partial charge is 0.504 e. The first-order valence-corrected chi connectivity index (χ1v) is 4.84. The molecule has 3 heteroatoms. The molecule has 1 rings (SSSR count). The van der Waals surface area contributed by atoms with Gasteiger partial charge in [0.2, 0.25) is 5.43 Å². The Morgan fingerprint density at radius 2 is 2.00 bits per heavy atom. The maximum atomic E-state index is 11.2. The smallest absolute Gasteiger partial charge is 0.220 e. The Labute approximate surface area is 85.4 Å². The maximum Gasteiger partial charge on any atom is 0.220 e. The van der Waals surface area contributed by atoms with Crippen LogP contribution in [-0.2, 0) is 0 Å².